The van der Waals surface area contributed by atoms with Crippen LogP contribution in [0.25, 0.3) is 0 Å². The molecule has 0 saturated carbocycles. The van der Waals surface area contributed by atoms with Gasteiger partial charge in [0, 0.05) is 39.9 Å². The standard InChI is InChI=1S/C18H23F3N6.HI/c1-13-4-6-14(7-5-13)12-27(3)17(22-2)25-11-10-24-16-23-9-8-15(26-16)18(19,20)21;/h4-9H,10-12H2,1-3H3,(H,22,25)(H,23,24,26);1H. The summed E-state index contributed by atoms with van der Waals surface area (Å²) < 4.78 is 37.9. The van der Waals surface area contributed by atoms with E-state index in [1.807, 2.05) is 18.9 Å². The minimum Gasteiger partial charge on any atom is -0.354 e. The second kappa shape index (κ2) is 11.0. The molecule has 0 aliphatic rings. The fraction of sp³-hybridized carbons (Fsp3) is 0.389. The monoisotopic (exact) mass is 508 g/mol. The number of hydrogen-bond donors (Lipinski definition) is 2. The molecule has 1 aromatic heterocycles. The number of rotatable bonds is 6. The lowest BCUT2D eigenvalue weighted by atomic mass is 10.1. The number of nitrogens with zero attached hydrogens (tertiary/aromatic N) is 4. The zero-order valence-corrected chi connectivity index (χ0v) is 18.2. The minimum absolute atomic E-state index is 0. The van der Waals surface area contributed by atoms with Gasteiger partial charge in [-0.25, -0.2) is 9.97 Å². The SMILES string of the molecule is CN=C(NCCNc1nccc(C(F)(F)F)n1)N(C)Cc1ccc(C)cc1.I. The summed E-state index contributed by atoms with van der Waals surface area (Å²) in [5, 5.41) is 5.92. The Bertz CT molecular complexity index is 765. The van der Waals surface area contributed by atoms with Gasteiger partial charge in [-0.15, -0.1) is 24.0 Å². The van der Waals surface area contributed by atoms with Crippen LogP contribution in [0.3, 0.4) is 0 Å². The molecule has 2 rings (SSSR count). The van der Waals surface area contributed by atoms with Gasteiger partial charge in [0.05, 0.1) is 0 Å². The van der Waals surface area contributed by atoms with Crippen LogP contribution in [0.5, 0.6) is 0 Å². The van der Waals surface area contributed by atoms with Gasteiger partial charge in [0.15, 0.2) is 5.96 Å². The summed E-state index contributed by atoms with van der Waals surface area (Å²) in [6, 6.07) is 9.07. The first kappa shape index (κ1) is 23.9. The second-order valence-corrected chi connectivity index (χ2v) is 6.01. The largest absolute Gasteiger partial charge is 0.433 e. The third kappa shape index (κ3) is 7.49. The number of benzene rings is 1. The minimum atomic E-state index is -4.49. The predicted octanol–water partition coefficient (Wildman–Crippen LogP) is 3.54. The number of halogens is 4. The van der Waals surface area contributed by atoms with Gasteiger partial charge in [0.2, 0.25) is 5.95 Å². The van der Waals surface area contributed by atoms with Crippen LogP contribution in [0.15, 0.2) is 41.5 Å². The Balaban J connectivity index is 0.00000392. The maximum Gasteiger partial charge on any atom is 0.433 e. The van der Waals surface area contributed by atoms with Crippen LogP contribution in [0, 0.1) is 6.92 Å². The van der Waals surface area contributed by atoms with E-state index in [4.69, 9.17) is 0 Å². The van der Waals surface area contributed by atoms with E-state index in [-0.39, 0.29) is 29.9 Å². The van der Waals surface area contributed by atoms with Gasteiger partial charge >= 0.3 is 6.18 Å². The zero-order chi connectivity index (χ0) is 19.9. The molecule has 0 bridgehead atoms. The molecule has 154 valence electrons. The first-order valence-corrected chi connectivity index (χ1v) is 8.41. The van der Waals surface area contributed by atoms with E-state index in [0.29, 0.717) is 25.6 Å². The molecular weight excluding hydrogens is 484 g/mol. The third-order valence-electron chi connectivity index (χ3n) is 3.75. The fourth-order valence-corrected chi connectivity index (χ4v) is 2.38. The number of aryl methyl sites for hydroxylation is 1. The maximum absolute atomic E-state index is 12.6. The average molecular weight is 508 g/mol. The van der Waals surface area contributed by atoms with Gasteiger partial charge in [0.1, 0.15) is 5.69 Å². The van der Waals surface area contributed by atoms with E-state index < -0.39 is 11.9 Å². The lowest BCUT2D eigenvalue weighted by Crippen LogP contribution is -2.40. The molecule has 1 aromatic carbocycles. The van der Waals surface area contributed by atoms with Crippen LogP contribution >= 0.6 is 24.0 Å². The molecular formula is C18H24F3IN6. The lowest BCUT2D eigenvalue weighted by Gasteiger charge is -2.22. The number of aromatic nitrogens is 2. The molecule has 0 amide bonds. The van der Waals surface area contributed by atoms with Crippen LogP contribution in [0.1, 0.15) is 16.8 Å². The Labute approximate surface area is 179 Å². The van der Waals surface area contributed by atoms with E-state index in [2.05, 4.69) is 49.9 Å². The molecule has 0 fully saturated rings. The van der Waals surface area contributed by atoms with E-state index >= 15 is 0 Å². The molecule has 0 aliphatic carbocycles. The van der Waals surface area contributed by atoms with Gasteiger partial charge in [0.25, 0.3) is 0 Å². The molecule has 10 heteroatoms. The summed E-state index contributed by atoms with van der Waals surface area (Å²) in [5.74, 6) is 0.622. The molecule has 2 N–H and O–H groups in total. The Kier molecular flexibility index (Phi) is 9.42. The first-order valence-electron chi connectivity index (χ1n) is 8.41. The summed E-state index contributed by atoms with van der Waals surface area (Å²) >= 11 is 0. The van der Waals surface area contributed by atoms with Crippen LogP contribution in [-0.4, -0.2) is 48.0 Å². The highest BCUT2D eigenvalue weighted by Gasteiger charge is 2.32. The number of anilines is 1. The molecule has 2 aromatic rings. The number of guanidine groups is 1. The van der Waals surface area contributed by atoms with E-state index in [9.17, 15) is 13.2 Å². The van der Waals surface area contributed by atoms with Crippen LogP contribution in [0.2, 0.25) is 0 Å². The predicted molar refractivity (Wildman–Crippen MR) is 115 cm³/mol. The van der Waals surface area contributed by atoms with Crippen molar-refractivity contribution in [2.45, 2.75) is 19.6 Å². The van der Waals surface area contributed by atoms with E-state index in [1.165, 1.54) is 5.56 Å². The van der Waals surface area contributed by atoms with Crippen molar-refractivity contribution in [1.29, 1.82) is 0 Å². The van der Waals surface area contributed by atoms with Gasteiger partial charge in [-0.2, -0.15) is 13.2 Å². The molecule has 1 heterocycles. The number of nitrogens with one attached hydrogen (secondary N) is 2. The normalized spacial score (nSPS) is 11.6. The highest BCUT2D eigenvalue weighted by Crippen LogP contribution is 2.27. The number of aliphatic imine (C=N–C) groups is 1. The number of alkyl halides is 3. The average Bonchev–Trinajstić information content (AvgIpc) is 2.63. The van der Waals surface area contributed by atoms with Crippen molar-refractivity contribution in [2.75, 3.05) is 32.5 Å². The summed E-state index contributed by atoms with van der Waals surface area (Å²) in [6.07, 6.45) is -3.40. The van der Waals surface area contributed by atoms with Crippen LogP contribution in [0.4, 0.5) is 19.1 Å². The molecule has 0 spiro atoms. The first-order chi connectivity index (χ1) is 12.8. The van der Waals surface area contributed by atoms with E-state index in [0.717, 1.165) is 17.8 Å². The quantitative estimate of drug-likeness (QED) is 0.271. The highest BCUT2D eigenvalue weighted by atomic mass is 127. The van der Waals surface area contributed by atoms with E-state index in [1.54, 1.807) is 7.05 Å². The summed E-state index contributed by atoms with van der Waals surface area (Å²) in [7, 11) is 3.59. The molecule has 0 saturated heterocycles. The molecule has 0 atom stereocenters. The van der Waals surface area contributed by atoms with Gasteiger partial charge in [-0.3, -0.25) is 4.99 Å². The van der Waals surface area contributed by atoms with Crippen molar-refractivity contribution < 1.29 is 13.2 Å². The summed E-state index contributed by atoms with van der Waals surface area (Å²) in [6.45, 7) is 3.52. The van der Waals surface area contributed by atoms with Crippen molar-refractivity contribution in [1.82, 2.24) is 20.2 Å². The summed E-state index contributed by atoms with van der Waals surface area (Å²) in [5.41, 5.74) is 1.38. The summed E-state index contributed by atoms with van der Waals surface area (Å²) in [4.78, 5) is 13.4. The number of hydrogen-bond acceptors (Lipinski definition) is 4. The molecule has 6 nitrogen and oxygen atoms in total. The molecule has 28 heavy (non-hydrogen) atoms. The lowest BCUT2D eigenvalue weighted by molar-refractivity contribution is -0.141. The van der Waals surface area contributed by atoms with Crippen molar-refractivity contribution >= 4 is 35.9 Å². The van der Waals surface area contributed by atoms with Crippen LogP contribution in [-0.2, 0) is 12.7 Å². The Morgan fingerprint density at radius 1 is 1.14 bits per heavy atom. The Hall–Kier alpha value is -2.11. The highest BCUT2D eigenvalue weighted by molar-refractivity contribution is 14.0. The molecule has 0 radical (unpaired) electrons. The Morgan fingerprint density at radius 2 is 1.82 bits per heavy atom. The van der Waals surface area contributed by atoms with Gasteiger partial charge < -0.3 is 15.5 Å². The van der Waals surface area contributed by atoms with Crippen molar-refractivity contribution in [3.8, 4) is 0 Å². The smallest absolute Gasteiger partial charge is 0.354 e. The third-order valence-corrected chi connectivity index (χ3v) is 3.75. The second-order valence-electron chi connectivity index (χ2n) is 6.01. The topological polar surface area (TPSA) is 65.4 Å². The van der Waals surface area contributed by atoms with Gasteiger partial charge in [-0.05, 0) is 18.6 Å². The maximum atomic E-state index is 12.6. The van der Waals surface area contributed by atoms with Crippen molar-refractivity contribution in [3.05, 3.63) is 53.3 Å². The fourth-order valence-electron chi connectivity index (χ4n) is 2.38. The Morgan fingerprint density at radius 3 is 2.43 bits per heavy atom. The molecule has 0 aliphatic heterocycles. The molecule has 0 unspecified atom stereocenters. The van der Waals surface area contributed by atoms with Crippen LogP contribution < -0.4 is 10.6 Å². The zero-order valence-electron chi connectivity index (χ0n) is 15.9. The van der Waals surface area contributed by atoms with Crippen molar-refractivity contribution in [3.63, 3.8) is 0 Å². The van der Waals surface area contributed by atoms with Crippen molar-refractivity contribution in [2.24, 2.45) is 4.99 Å². The van der Waals surface area contributed by atoms with Gasteiger partial charge in [-0.1, -0.05) is 29.8 Å².